The number of hydrogen-bond acceptors (Lipinski definition) is 4. The standard InChI is InChI=1S/C24H36ClN3O3/c1-27(2)16-13-26-23(29)19-9-10-22(21(25)17-19)31-20-11-14-28(15-12-20)24(30)18-7-5-3-4-6-8-18/h9-10,17-18,20H,3-8,11-16H2,1-2H3,(H,26,29). The van der Waals surface area contributed by atoms with Crippen molar-refractivity contribution in [2.45, 2.75) is 57.5 Å². The summed E-state index contributed by atoms with van der Waals surface area (Å²) in [5.41, 5.74) is 0.528. The minimum absolute atomic E-state index is 0.0375. The van der Waals surface area contributed by atoms with Crippen LogP contribution in [0.1, 0.15) is 61.7 Å². The first-order valence-corrected chi connectivity index (χ1v) is 12.0. The van der Waals surface area contributed by atoms with Crippen molar-refractivity contribution in [1.29, 1.82) is 0 Å². The fourth-order valence-corrected chi connectivity index (χ4v) is 4.62. The van der Waals surface area contributed by atoms with Crippen LogP contribution in [0.5, 0.6) is 5.75 Å². The number of halogens is 1. The second-order valence-electron chi connectivity index (χ2n) is 9.04. The van der Waals surface area contributed by atoms with Gasteiger partial charge in [0.25, 0.3) is 5.91 Å². The number of benzene rings is 1. The molecule has 0 radical (unpaired) electrons. The Morgan fingerprint density at radius 2 is 1.77 bits per heavy atom. The van der Waals surface area contributed by atoms with Gasteiger partial charge in [0.15, 0.2) is 0 Å². The van der Waals surface area contributed by atoms with Gasteiger partial charge in [0.05, 0.1) is 5.02 Å². The molecule has 2 fully saturated rings. The lowest BCUT2D eigenvalue weighted by molar-refractivity contribution is -0.137. The molecule has 0 spiro atoms. The number of rotatable bonds is 7. The smallest absolute Gasteiger partial charge is 0.251 e. The van der Waals surface area contributed by atoms with E-state index < -0.39 is 0 Å². The van der Waals surface area contributed by atoms with E-state index in [4.69, 9.17) is 16.3 Å². The van der Waals surface area contributed by atoms with Crippen LogP contribution in [0.4, 0.5) is 0 Å². The number of carbonyl (C=O) groups is 2. The molecule has 1 saturated heterocycles. The van der Waals surface area contributed by atoms with Gasteiger partial charge < -0.3 is 19.9 Å². The molecule has 2 aliphatic rings. The predicted molar refractivity (Wildman–Crippen MR) is 124 cm³/mol. The van der Waals surface area contributed by atoms with Crippen LogP contribution in [0.3, 0.4) is 0 Å². The van der Waals surface area contributed by atoms with Crippen molar-refractivity contribution in [1.82, 2.24) is 15.1 Å². The molecule has 0 bridgehead atoms. The van der Waals surface area contributed by atoms with Crippen molar-refractivity contribution in [2.24, 2.45) is 5.92 Å². The third-order valence-corrected chi connectivity index (χ3v) is 6.59. The van der Waals surface area contributed by atoms with E-state index in [1.807, 2.05) is 23.9 Å². The zero-order valence-electron chi connectivity index (χ0n) is 18.9. The van der Waals surface area contributed by atoms with Gasteiger partial charge in [-0.2, -0.15) is 0 Å². The Hall–Kier alpha value is -1.79. The van der Waals surface area contributed by atoms with Crippen LogP contribution < -0.4 is 10.1 Å². The van der Waals surface area contributed by atoms with Gasteiger partial charge in [0.2, 0.25) is 5.91 Å². The fraction of sp³-hybridized carbons (Fsp3) is 0.667. The molecule has 1 aliphatic carbocycles. The number of nitrogens with zero attached hydrogens (tertiary/aromatic N) is 2. The first-order chi connectivity index (χ1) is 14.9. The number of nitrogens with one attached hydrogen (secondary N) is 1. The van der Waals surface area contributed by atoms with E-state index in [-0.39, 0.29) is 17.9 Å². The molecule has 6 nitrogen and oxygen atoms in total. The summed E-state index contributed by atoms with van der Waals surface area (Å²) in [6.07, 6.45) is 8.61. The van der Waals surface area contributed by atoms with Gasteiger partial charge in [-0.1, -0.05) is 37.3 Å². The van der Waals surface area contributed by atoms with Crippen molar-refractivity contribution >= 4 is 23.4 Å². The molecule has 1 aliphatic heterocycles. The normalized spacial score (nSPS) is 18.6. The molecule has 1 aromatic carbocycles. The van der Waals surface area contributed by atoms with Crippen molar-refractivity contribution < 1.29 is 14.3 Å². The maximum atomic E-state index is 12.9. The molecule has 0 unspecified atom stereocenters. The Labute approximate surface area is 191 Å². The summed E-state index contributed by atoms with van der Waals surface area (Å²) in [5.74, 6) is 1.01. The van der Waals surface area contributed by atoms with Crippen LogP contribution in [0, 0.1) is 5.92 Å². The van der Waals surface area contributed by atoms with Crippen LogP contribution in [0.25, 0.3) is 0 Å². The average Bonchev–Trinajstić information content (AvgIpc) is 3.04. The third-order valence-electron chi connectivity index (χ3n) is 6.29. The first kappa shape index (κ1) is 23.9. The zero-order chi connectivity index (χ0) is 22.2. The van der Waals surface area contributed by atoms with Gasteiger partial charge in [-0.3, -0.25) is 9.59 Å². The second-order valence-corrected chi connectivity index (χ2v) is 9.44. The van der Waals surface area contributed by atoms with Gasteiger partial charge in [-0.25, -0.2) is 0 Å². The molecule has 1 aromatic rings. The fourth-order valence-electron chi connectivity index (χ4n) is 4.39. The van der Waals surface area contributed by atoms with Crippen molar-refractivity contribution in [3.63, 3.8) is 0 Å². The molecular formula is C24H36ClN3O3. The van der Waals surface area contributed by atoms with E-state index in [0.29, 0.717) is 28.8 Å². The van der Waals surface area contributed by atoms with Gasteiger partial charge in [0, 0.05) is 50.5 Å². The number of carbonyl (C=O) groups excluding carboxylic acids is 2. The van der Waals surface area contributed by atoms with Gasteiger partial charge in [-0.15, -0.1) is 0 Å². The lowest BCUT2D eigenvalue weighted by Crippen LogP contribution is -2.44. The van der Waals surface area contributed by atoms with E-state index in [0.717, 1.165) is 45.3 Å². The largest absolute Gasteiger partial charge is 0.489 e. The molecule has 0 aromatic heterocycles. The lowest BCUT2D eigenvalue weighted by atomic mass is 9.97. The van der Waals surface area contributed by atoms with E-state index in [1.54, 1.807) is 18.2 Å². The number of likely N-dealkylation sites (tertiary alicyclic amines) is 1. The van der Waals surface area contributed by atoms with E-state index in [2.05, 4.69) is 5.32 Å². The van der Waals surface area contributed by atoms with Crippen LogP contribution in [-0.2, 0) is 4.79 Å². The minimum Gasteiger partial charge on any atom is -0.489 e. The minimum atomic E-state index is -0.138. The number of ether oxygens (including phenoxy) is 1. The Bertz CT molecular complexity index is 740. The van der Waals surface area contributed by atoms with Crippen LogP contribution in [-0.4, -0.2) is 68.0 Å². The number of hydrogen-bond donors (Lipinski definition) is 1. The maximum absolute atomic E-state index is 12.9. The highest BCUT2D eigenvalue weighted by Crippen LogP contribution is 2.30. The molecule has 7 heteroatoms. The summed E-state index contributed by atoms with van der Waals surface area (Å²) in [6.45, 7) is 2.84. The maximum Gasteiger partial charge on any atom is 0.251 e. The summed E-state index contributed by atoms with van der Waals surface area (Å²) in [4.78, 5) is 29.2. The molecule has 31 heavy (non-hydrogen) atoms. The summed E-state index contributed by atoms with van der Waals surface area (Å²) >= 11 is 6.40. The molecule has 1 saturated carbocycles. The van der Waals surface area contributed by atoms with Crippen LogP contribution in [0.2, 0.25) is 5.02 Å². The van der Waals surface area contributed by atoms with E-state index in [1.165, 1.54) is 25.7 Å². The number of amides is 2. The van der Waals surface area contributed by atoms with Gasteiger partial charge in [-0.05, 0) is 45.1 Å². The van der Waals surface area contributed by atoms with E-state index >= 15 is 0 Å². The highest BCUT2D eigenvalue weighted by Gasteiger charge is 2.29. The Morgan fingerprint density at radius 1 is 1.10 bits per heavy atom. The first-order valence-electron chi connectivity index (χ1n) is 11.6. The molecule has 3 rings (SSSR count). The van der Waals surface area contributed by atoms with Crippen molar-refractivity contribution in [2.75, 3.05) is 40.3 Å². The number of piperidine rings is 1. The van der Waals surface area contributed by atoms with Crippen LogP contribution >= 0.6 is 11.6 Å². The molecule has 172 valence electrons. The highest BCUT2D eigenvalue weighted by molar-refractivity contribution is 6.32. The highest BCUT2D eigenvalue weighted by atomic mass is 35.5. The van der Waals surface area contributed by atoms with Crippen molar-refractivity contribution in [3.8, 4) is 5.75 Å². The summed E-state index contributed by atoms with van der Waals surface area (Å²) in [5, 5.41) is 3.33. The van der Waals surface area contributed by atoms with E-state index in [9.17, 15) is 9.59 Å². The summed E-state index contributed by atoms with van der Waals surface area (Å²) in [6, 6.07) is 5.18. The summed E-state index contributed by atoms with van der Waals surface area (Å²) in [7, 11) is 3.93. The topological polar surface area (TPSA) is 61.9 Å². The molecule has 2 amide bonds. The molecular weight excluding hydrogens is 414 g/mol. The Morgan fingerprint density at radius 3 is 2.39 bits per heavy atom. The SMILES string of the molecule is CN(C)CCNC(=O)c1ccc(OC2CCN(C(=O)C3CCCCCC3)CC2)c(Cl)c1. The van der Waals surface area contributed by atoms with Gasteiger partial charge >= 0.3 is 0 Å². The molecule has 1 heterocycles. The molecule has 1 N–H and O–H groups in total. The lowest BCUT2D eigenvalue weighted by Gasteiger charge is -2.34. The predicted octanol–water partition coefficient (Wildman–Crippen LogP) is 3.97. The zero-order valence-corrected chi connectivity index (χ0v) is 19.6. The number of likely N-dealkylation sites (N-methyl/N-ethyl adjacent to an activating group) is 1. The van der Waals surface area contributed by atoms with Crippen LogP contribution in [0.15, 0.2) is 18.2 Å². The Balaban J connectivity index is 1.47. The monoisotopic (exact) mass is 449 g/mol. The van der Waals surface area contributed by atoms with Gasteiger partial charge in [0.1, 0.15) is 11.9 Å². The third kappa shape index (κ3) is 7.11. The second kappa shape index (κ2) is 11.7. The van der Waals surface area contributed by atoms with Crippen molar-refractivity contribution in [3.05, 3.63) is 28.8 Å². The Kier molecular flexibility index (Phi) is 9.02. The molecule has 0 atom stereocenters. The quantitative estimate of drug-likeness (QED) is 0.640. The average molecular weight is 450 g/mol. The summed E-state index contributed by atoms with van der Waals surface area (Å²) < 4.78 is 6.12.